The molecule has 4 rings (SSSR count). The van der Waals surface area contributed by atoms with Gasteiger partial charge in [-0.2, -0.15) is 0 Å². The fraction of sp³-hybridized carbons (Fsp3) is 0.574. The molecule has 0 amide bonds. The number of hydrogen-bond donors (Lipinski definition) is 0. The average molecular weight is 773 g/mol. The molecule has 1 heterocycles. The normalized spacial score (nSPS) is 20.6. The van der Waals surface area contributed by atoms with Gasteiger partial charge in [-0.05, 0) is 78.6 Å². The van der Waals surface area contributed by atoms with E-state index in [-0.39, 0.29) is 35.2 Å². The van der Waals surface area contributed by atoms with Crippen molar-refractivity contribution in [3.8, 4) is 0 Å². The van der Waals surface area contributed by atoms with Crippen molar-refractivity contribution in [3.05, 3.63) is 109 Å². The first-order valence-electron chi connectivity index (χ1n) is 20.9. The fourth-order valence-electron chi connectivity index (χ4n) is 8.23. The van der Waals surface area contributed by atoms with Gasteiger partial charge in [0.25, 0.3) is 8.32 Å². The molecule has 0 spiro atoms. The number of rotatable bonds is 21. The van der Waals surface area contributed by atoms with E-state index >= 15 is 0 Å². The van der Waals surface area contributed by atoms with Gasteiger partial charge in [0.15, 0.2) is 14.1 Å². The van der Waals surface area contributed by atoms with Gasteiger partial charge in [0.05, 0.1) is 24.9 Å². The third kappa shape index (κ3) is 11.8. The Morgan fingerprint density at radius 1 is 0.815 bits per heavy atom. The molecule has 5 atom stereocenters. The molecule has 0 saturated carbocycles. The van der Waals surface area contributed by atoms with Crippen LogP contribution in [0, 0.1) is 11.8 Å². The zero-order valence-corrected chi connectivity index (χ0v) is 37.3. The fourth-order valence-corrected chi connectivity index (χ4v) is 15.9. The minimum absolute atomic E-state index is 0.00495. The smallest absolute Gasteiger partial charge is 0.261 e. The Labute approximate surface area is 331 Å². The van der Waals surface area contributed by atoms with Gasteiger partial charge in [-0.3, -0.25) is 0 Å². The highest BCUT2D eigenvalue weighted by atomic mass is 28.4. The monoisotopic (exact) mass is 772 g/mol. The Balaban J connectivity index is 1.45. The van der Waals surface area contributed by atoms with Crippen LogP contribution in [0.2, 0.25) is 23.2 Å². The average Bonchev–Trinajstić information content (AvgIpc) is 3.17. The molecule has 3 aromatic carbocycles. The number of ether oxygens (including phenoxy) is 3. The van der Waals surface area contributed by atoms with Crippen LogP contribution >= 0.6 is 0 Å². The highest BCUT2D eigenvalue weighted by molar-refractivity contribution is 6.99. The second kappa shape index (κ2) is 20.7. The lowest BCUT2D eigenvalue weighted by atomic mass is 9.91. The van der Waals surface area contributed by atoms with Crippen LogP contribution in [0.25, 0.3) is 0 Å². The van der Waals surface area contributed by atoms with Crippen LogP contribution in [-0.4, -0.2) is 53.9 Å². The molecule has 1 saturated heterocycles. The molecular formula is C47H72O5Si2. The largest absolute Gasteiger partial charge is 0.414 e. The molecule has 54 heavy (non-hydrogen) atoms. The first kappa shape index (κ1) is 44.3. The first-order chi connectivity index (χ1) is 25.8. The predicted octanol–water partition coefficient (Wildman–Crippen LogP) is 11.1. The van der Waals surface area contributed by atoms with E-state index in [9.17, 15) is 0 Å². The summed E-state index contributed by atoms with van der Waals surface area (Å²) in [6, 6.07) is 35.8. The van der Waals surface area contributed by atoms with Crippen molar-refractivity contribution in [2.45, 2.75) is 149 Å². The summed E-state index contributed by atoms with van der Waals surface area (Å²) < 4.78 is 33.7. The predicted molar refractivity (Wildman–Crippen MR) is 232 cm³/mol. The van der Waals surface area contributed by atoms with Crippen LogP contribution in [0.3, 0.4) is 0 Å². The van der Waals surface area contributed by atoms with E-state index in [4.69, 9.17) is 23.1 Å². The Morgan fingerprint density at radius 2 is 1.37 bits per heavy atom. The molecule has 0 unspecified atom stereocenters. The van der Waals surface area contributed by atoms with Crippen LogP contribution < -0.4 is 10.4 Å². The van der Waals surface area contributed by atoms with E-state index < -0.39 is 22.4 Å². The first-order valence-corrected chi connectivity index (χ1v) is 25.3. The molecule has 1 aliphatic heterocycles. The highest BCUT2D eigenvalue weighted by Gasteiger charge is 2.50. The zero-order valence-electron chi connectivity index (χ0n) is 35.3. The molecule has 3 aromatic rings. The van der Waals surface area contributed by atoms with Crippen LogP contribution in [0.1, 0.15) is 100 Å². The summed E-state index contributed by atoms with van der Waals surface area (Å²) in [6.45, 7) is 24.8. The Kier molecular flexibility index (Phi) is 17.0. The zero-order chi connectivity index (χ0) is 39.2. The van der Waals surface area contributed by atoms with Crippen molar-refractivity contribution < 1.29 is 23.1 Å². The lowest BCUT2D eigenvalue weighted by Crippen LogP contribution is -2.67. The summed E-state index contributed by atoms with van der Waals surface area (Å²) in [5.41, 5.74) is 1.21. The van der Waals surface area contributed by atoms with E-state index in [1.807, 2.05) is 19.9 Å². The summed E-state index contributed by atoms with van der Waals surface area (Å²) in [6.07, 6.45) is 8.65. The molecular weight excluding hydrogens is 701 g/mol. The van der Waals surface area contributed by atoms with E-state index in [0.29, 0.717) is 13.2 Å². The van der Waals surface area contributed by atoms with Gasteiger partial charge in [0.1, 0.15) is 0 Å². The molecule has 298 valence electrons. The molecule has 0 aromatic heterocycles. The second-order valence-electron chi connectivity index (χ2n) is 17.0. The minimum atomic E-state index is -2.65. The number of benzene rings is 3. The van der Waals surface area contributed by atoms with Crippen LogP contribution in [0.5, 0.6) is 0 Å². The minimum Gasteiger partial charge on any atom is -0.414 e. The van der Waals surface area contributed by atoms with Gasteiger partial charge >= 0.3 is 0 Å². The van der Waals surface area contributed by atoms with Crippen molar-refractivity contribution in [1.29, 1.82) is 0 Å². The van der Waals surface area contributed by atoms with Crippen LogP contribution in [0.4, 0.5) is 0 Å². The van der Waals surface area contributed by atoms with Gasteiger partial charge in [0, 0.05) is 25.0 Å². The summed E-state index contributed by atoms with van der Waals surface area (Å²) in [5, 5.41) is 2.58. The molecule has 7 heteroatoms. The number of allylic oxidation sites excluding steroid dienone is 1. The maximum atomic E-state index is 7.46. The van der Waals surface area contributed by atoms with Crippen molar-refractivity contribution in [3.63, 3.8) is 0 Å². The molecule has 1 fully saturated rings. The van der Waals surface area contributed by atoms with E-state index in [1.165, 1.54) is 15.9 Å². The SMILES string of the molecule is CC[Si](CC)(CC)O[C@H](CC/C=C\[C@H]1OC(C)(C)O[C@H](CCCOCc2ccccc2)[C@H]1C)[C@@H](C)CO[Si](c1ccccc1)(c1ccccc1)C(C)(C)C. The quantitative estimate of drug-likeness (QED) is 0.0613. The van der Waals surface area contributed by atoms with Gasteiger partial charge < -0.3 is 23.1 Å². The van der Waals surface area contributed by atoms with Crippen LogP contribution in [-0.2, 0) is 29.7 Å². The topological polar surface area (TPSA) is 46.2 Å². The molecule has 0 aliphatic carbocycles. The van der Waals surface area contributed by atoms with Crippen molar-refractivity contribution in [2.24, 2.45) is 11.8 Å². The summed E-state index contributed by atoms with van der Waals surface area (Å²) >= 11 is 0. The molecule has 0 bridgehead atoms. The van der Waals surface area contributed by atoms with Crippen molar-refractivity contribution in [1.82, 2.24) is 0 Å². The van der Waals surface area contributed by atoms with Gasteiger partial charge in [-0.1, -0.05) is 159 Å². The standard InChI is InChI=1S/C47H72O5Si2/c1-11-53(12-2,13-3)52-43(38(4)36-49-54(46(6,7)8,41-28-19-15-20-29-41)42-30-21-16-22-31-42)32-23-24-33-44-39(5)45(51-47(9,10)50-44)34-25-35-48-37-40-26-17-14-18-27-40/h14-22,24,26-31,33,38-39,43-45H,11-13,23,25,32,34-37H2,1-10H3/b33-24-/t38-,39-,43+,44+,45+/m0/s1. The lowest BCUT2D eigenvalue weighted by molar-refractivity contribution is -0.310. The van der Waals surface area contributed by atoms with Crippen LogP contribution in [0.15, 0.2) is 103 Å². The van der Waals surface area contributed by atoms with E-state index in [0.717, 1.165) is 50.4 Å². The Hall–Kier alpha value is -2.37. The lowest BCUT2D eigenvalue weighted by Gasteiger charge is -2.44. The second-order valence-corrected chi connectivity index (χ2v) is 26.1. The van der Waals surface area contributed by atoms with Gasteiger partial charge in [-0.15, -0.1) is 0 Å². The molecule has 0 N–H and O–H groups in total. The Morgan fingerprint density at radius 3 is 1.91 bits per heavy atom. The molecule has 1 aliphatic rings. The maximum absolute atomic E-state index is 7.46. The Bertz CT molecular complexity index is 1460. The maximum Gasteiger partial charge on any atom is 0.261 e. The van der Waals surface area contributed by atoms with E-state index in [1.54, 1.807) is 0 Å². The molecule has 0 radical (unpaired) electrons. The van der Waals surface area contributed by atoms with Gasteiger partial charge in [-0.25, -0.2) is 0 Å². The third-order valence-electron chi connectivity index (χ3n) is 11.7. The van der Waals surface area contributed by atoms with Crippen molar-refractivity contribution in [2.75, 3.05) is 13.2 Å². The number of hydrogen-bond acceptors (Lipinski definition) is 5. The summed E-state index contributed by atoms with van der Waals surface area (Å²) in [4.78, 5) is 0. The van der Waals surface area contributed by atoms with E-state index in [2.05, 4.69) is 152 Å². The third-order valence-corrected chi connectivity index (χ3v) is 21.4. The highest BCUT2D eigenvalue weighted by Crippen LogP contribution is 2.38. The van der Waals surface area contributed by atoms with Crippen molar-refractivity contribution >= 4 is 27.0 Å². The summed E-state index contributed by atoms with van der Waals surface area (Å²) in [7, 11) is -4.53. The van der Waals surface area contributed by atoms with Gasteiger partial charge in [0.2, 0.25) is 0 Å². The summed E-state index contributed by atoms with van der Waals surface area (Å²) in [5.74, 6) is -0.152. The molecule has 5 nitrogen and oxygen atoms in total.